The molecule has 27 heavy (non-hydrogen) atoms. The average molecular weight is 378 g/mol. The quantitative estimate of drug-likeness (QED) is 0.874. The predicted molar refractivity (Wildman–Crippen MR) is 93.4 cm³/mol. The van der Waals surface area contributed by atoms with Gasteiger partial charge in [-0.15, -0.1) is 0 Å². The van der Waals surface area contributed by atoms with Gasteiger partial charge < -0.3 is 10.6 Å². The second-order valence-corrected chi connectivity index (χ2v) is 7.48. The van der Waals surface area contributed by atoms with E-state index in [4.69, 9.17) is 5.73 Å². The number of halogens is 3. The van der Waals surface area contributed by atoms with E-state index in [0.717, 1.165) is 25.0 Å². The molecule has 2 heterocycles. The lowest BCUT2D eigenvalue weighted by atomic mass is 9.98. The van der Waals surface area contributed by atoms with E-state index < -0.39 is 11.7 Å². The summed E-state index contributed by atoms with van der Waals surface area (Å²) in [5, 5.41) is 4.17. The Labute approximate surface area is 154 Å². The molecule has 8 heteroatoms. The number of fused-ring (bicyclic) bond motifs is 1. The van der Waals surface area contributed by atoms with E-state index in [9.17, 15) is 18.0 Å². The third kappa shape index (κ3) is 3.12. The van der Waals surface area contributed by atoms with Crippen molar-refractivity contribution in [3.05, 3.63) is 47.3 Å². The number of carbonyl (C=O) groups excluding carboxylic acids is 1. The molecule has 2 aliphatic rings. The molecule has 5 nitrogen and oxygen atoms in total. The van der Waals surface area contributed by atoms with E-state index in [1.807, 2.05) is 0 Å². The summed E-state index contributed by atoms with van der Waals surface area (Å²) in [6.07, 6.45) is -0.949. The number of likely N-dealkylation sites (tertiary alicyclic amines) is 1. The number of aromatic nitrogens is 2. The van der Waals surface area contributed by atoms with E-state index in [0.29, 0.717) is 36.2 Å². The van der Waals surface area contributed by atoms with E-state index in [2.05, 4.69) is 5.10 Å². The van der Waals surface area contributed by atoms with Crippen molar-refractivity contribution in [1.29, 1.82) is 0 Å². The summed E-state index contributed by atoms with van der Waals surface area (Å²) >= 11 is 0. The minimum Gasteiger partial charge on any atom is -0.338 e. The van der Waals surface area contributed by atoms with Gasteiger partial charge in [0.2, 0.25) is 0 Å². The zero-order chi connectivity index (χ0) is 19.3. The largest absolute Gasteiger partial charge is 0.416 e. The fourth-order valence-corrected chi connectivity index (χ4v) is 4.34. The topological polar surface area (TPSA) is 64.2 Å². The molecule has 1 aromatic carbocycles. The summed E-state index contributed by atoms with van der Waals surface area (Å²) in [6.45, 7) is 3.02. The number of alkyl halides is 3. The van der Waals surface area contributed by atoms with Crippen LogP contribution in [0.2, 0.25) is 0 Å². The molecule has 2 fully saturated rings. The van der Waals surface area contributed by atoms with Crippen LogP contribution in [0.3, 0.4) is 0 Å². The molecule has 0 radical (unpaired) electrons. The van der Waals surface area contributed by atoms with Crippen LogP contribution in [0.1, 0.15) is 34.5 Å². The van der Waals surface area contributed by atoms with Crippen molar-refractivity contribution in [2.45, 2.75) is 32.0 Å². The highest BCUT2D eigenvalue weighted by atomic mass is 19.4. The molecule has 1 aliphatic heterocycles. The van der Waals surface area contributed by atoms with Gasteiger partial charge in [0.05, 0.1) is 28.7 Å². The third-order valence-corrected chi connectivity index (χ3v) is 5.86. The number of nitrogens with zero attached hydrogens (tertiary/aromatic N) is 3. The smallest absolute Gasteiger partial charge is 0.338 e. The van der Waals surface area contributed by atoms with Crippen LogP contribution < -0.4 is 5.73 Å². The Balaban J connectivity index is 1.59. The fourth-order valence-electron chi connectivity index (χ4n) is 4.34. The van der Waals surface area contributed by atoms with Crippen molar-refractivity contribution in [2.75, 3.05) is 13.1 Å². The maximum absolute atomic E-state index is 13.0. The molecule has 2 N–H and O–H groups in total. The van der Waals surface area contributed by atoms with Crippen LogP contribution in [0.25, 0.3) is 5.69 Å². The number of nitrogens with two attached hydrogens (primary N) is 1. The first-order valence-corrected chi connectivity index (χ1v) is 9.03. The molecular weight excluding hydrogens is 357 g/mol. The SMILES string of the molecule is Cc1c(C(=O)N2CC3CCC(N)C3C2)cnn1-c1cccc(C(F)(F)F)c1. The Morgan fingerprint density at radius 3 is 2.74 bits per heavy atom. The molecule has 1 aromatic heterocycles. The summed E-state index contributed by atoms with van der Waals surface area (Å²) in [5.41, 5.74) is 6.61. The van der Waals surface area contributed by atoms with Gasteiger partial charge in [0.25, 0.3) is 5.91 Å². The molecular formula is C19H21F3N4O. The molecule has 3 atom stereocenters. The average Bonchev–Trinajstić information content (AvgIpc) is 3.30. The van der Waals surface area contributed by atoms with Crippen LogP contribution in [0.5, 0.6) is 0 Å². The van der Waals surface area contributed by atoms with Gasteiger partial charge in [0, 0.05) is 19.1 Å². The van der Waals surface area contributed by atoms with E-state index in [-0.39, 0.29) is 17.6 Å². The zero-order valence-electron chi connectivity index (χ0n) is 14.9. The Morgan fingerprint density at radius 2 is 2.04 bits per heavy atom. The van der Waals surface area contributed by atoms with Gasteiger partial charge in [-0.25, -0.2) is 4.68 Å². The Morgan fingerprint density at radius 1 is 1.26 bits per heavy atom. The van der Waals surface area contributed by atoms with Crippen molar-refractivity contribution >= 4 is 5.91 Å². The second-order valence-electron chi connectivity index (χ2n) is 7.48. The monoisotopic (exact) mass is 378 g/mol. The normalized spacial score (nSPS) is 25.1. The minimum atomic E-state index is -4.43. The molecule has 3 unspecified atom stereocenters. The summed E-state index contributed by atoms with van der Waals surface area (Å²) in [4.78, 5) is 14.7. The van der Waals surface area contributed by atoms with Gasteiger partial charge in [-0.2, -0.15) is 18.3 Å². The predicted octanol–water partition coefficient (Wildman–Crippen LogP) is 3.01. The van der Waals surface area contributed by atoms with Gasteiger partial charge >= 0.3 is 6.18 Å². The molecule has 144 valence electrons. The lowest BCUT2D eigenvalue weighted by Gasteiger charge is -2.18. The number of amides is 1. The lowest BCUT2D eigenvalue weighted by molar-refractivity contribution is -0.137. The first-order valence-electron chi connectivity index (χ1n) is 9.03. The maximum Gasteiger partial charge on any atom is 0.416 e. The number of benzene rings is 1. The van der Waals surface area contributed by atoms with Crippen molar-refractivity contribution in [3.8, 4) is 5.69 Å². The first-order chi connectivity index (χ1) is 12.8. The Hall–Kier alpha value is -2.35. The van der Waals surface area contributed by atoms with E-state index in [1.165, 1.54) is 16.9 Å². The number of rotatable bonds is 2. The van der Waals surface area contributed by atoms with Gasteiger partial charge in [0.15, 0.2) is 0 Å². The number of carbonyl (C=O) groups is 1. The van der Waals surface area contributed by atoms with Crippen molar-refractivity contribution in [1.82, 2.24) is 14.7 Å². The lowest BCUT2D eigenvalue weighted by Crippen LogP contribution is -2.33. The van der Waals surface area contributed by atoms with Crippen LogP contribution in [0.4, 0.5) is 13.2 Å². The highest BCUT2D eigenvalue weighted by molar-refractivity contribution is 5.95. The molecule has 0 bridgehead atoms. The zero-order valence-corrected chi connectivity index (χ0v) is 14.9. The molecule has 1 saturated heterocycles. The van der Waals surface area contributed by atoms with Crippen LogP contribution in [-0.4, -0.2) is 39.7 Å². The van der Waals surface area contributed by atoms with E-state index >= 15 is 0 Å². The molecule has 0 spiro atoms. The highest BCUT2D eigenvalue weighted by Gasteiger charge is 2.43. The molecule has 4 rings (SSSR count). The summed E-state index contributed by atoms with van der Waals surface area (Å²) < 4.78 is 40.3. The van der Waals surface area contributed by atoms with Gasteiger partial charge in [-0.3, -0.25) is 4.79 Å². The first kappa shape index (κ1) is 18.0. The van der Waals surface area contributed by atoms with Gasteiger partial charge in [-0.1, -0.05) is 6.07 Å². The molecule has 1 saturated carbocycles. The highest BCUT2D eigenvalue weighted by Crippen LogP contribution is 2.38. The second kappa shape index (κ2) is 6.37. The van der Waals surface area contributed by atoms with Crippen molar-refractivity contribution < 1.29 is 18.0 Å². The van der Waals surface area contributed by atoms with Crippen molar-refractivity contribution in [3.63, 3.8) is 0 Å². The van der Waals surface area contributed by atoms with Gasteiger partial charge in [-0.05, 0) is 49.8 Å². The number of hydrogen-bond acceptors (Lipinski definition) is 3. The van der Waals surface area contributed by atoms with Crippen LogP contribution in [-0.2, 0) is 6.18 Å². The molecule has 1 amide bonds. The van der Waals surface area contributed by atoms with Crippen LogP contribution in [0.15, 0.2) is 30.5 Å². The summed E-state index contributed by atoms with van der Waals surface area (Å²) in [5.74, 6) is 0.655. The van der Waals surface area contributed by atoms with Crippen molar-refractivity contribution in [2.24, 2.45) is 17.6 Å². The maximum atomic E-state index is 13.0. The van der Waals surface area contributed by atoms with Crippen LogP contribution in [0, 0.1) is 18.8 Å². The number of hydrogen-bond donors (Lipinski definition) is 1. The molecule has 2 aromatic rings. The standard InChI is InChI=1S/C19H21F3N4O/c1-11-15(18(27)25-9-12-5-6-17(23)16(12)10-25)8-24-26(11)14-4-2-3-13(7-14)19(20,21)22/h2-4,7-8,12,16-17H,5-6,9-10,23H2,1H3. The Kier molecular flexibility index (Phi) is 4.25. The van der Waals surface area contributed by atoms with Gasteiger partial charge in [0.1, 0.15) is 0 Å². The Bertz CT molecular complexity index is 876. The summed E-state index contributed by atoms with van der Waals surface area (Å²) in [7, 11) is 0. The van der Waals surface area contributed by atoms with Crippen LogP contribution >= 0.6 is 0 Å². The minimum absolute atomic E-state index is 0.132. The fraction of sp³-hybridized carbons (Fsp3) is 0.474. The molecule has 1 aliphatic carbocycles. The van der Waals surface area contributed by atoms with E-state index in [1.54, 1.807) is 17.9 Å². The third-order valence-electron chi connectivity index (χ3n) is 5.86. The summed E-state index contributed by atoms with van der Waals surface area (Å²) in [6, 6.07) is 5.07.